The average molecular weight is 423 g/mol. The van der Waals surface area contributed by atoms with Crippen molar-refractivity contribution in [1.29, 1.82) is 0 Å². The van der Waals surface area contributed by atoms with Gasteiger partial charge in [-0.1, -0.05) is 19.1 Å². The summed E-state index contributed by atoms with van der Waals surface area (Å²) in [5.74, 6) is 2.24. The van der Waals surface area contributed by atoms with Gasteiger partial charge < -0.3 is 14.8 Å². The summed E-state index contributed by atoms with van der Waals surface area (Å²) in [6.07, 6.45) is 3.31. The number of carbonyl (C=O) groups is 1. The summed E-state index contributed by atoms with van der Waals surface area (Å²) in [5, 5.41) is 3.22. The van der Waals surface area contributed by atoms with E-state index in [2.05, 4.69) is 29.3 Å². The third kappa shape index (κ3) is 5.21. The van der Waals surface area contributed by atoms with Gasteiger partial charge in [-0.05, 0) is 69.0 Å². The van der Waals surface area contributed by atoms with E-state index in [1.54, 1.807) is 7.11 Å². The lowest BCUT2D eigenvalue weighted by atomic mass is 9.89. The molecule has 0 radical (unpaired) electrons. The second kappa shape index (κ2) is 8.91. The summed E-state index contributed by atoms with van der Waals surface area (Å²) >= 11 is 0. The van der Waals surface area contributed by atoms with E-state index in [-0.39, 0.29) is 17.6 Å². The first kappa shape index (κ1) is 21.7. The number of likely N-dealkylation sites (tertiary alicyclic amines) is 1. The fraction of sp³-hybridized carbons (Fsp3) is 0.500. The molecule has 166 valence electrons. The number of carbonyl (C=O) groups excluding carboxylic acids is 1. The van der Waals surface area contributed by atoms with E-state index in [4.69, 9.17) is 9.47 Å². The molecule has 2 aliphatic rings. The van der Waals surface area contributed by atoms with Crippen LogP contribution in [0, 0.1) is 5.92 Å². The molecule has 1 saturated heterocycles. The van der Waals surface area contributed by atoms with Crippen LogP contribution in [0.1, 0.15) is 67.6 Å². The van der Waals surface area contributed by atoms with Crippen molar-refractivity contribution in [2.75, 3.05) is 20.2 Å². The molecule has 0 bridgehead atoms. The first-order valence-corrected chi connectivity index (χ1v) is 11.3. The number of nitrogens with zero attached hydrogens (tertiary/aromatic N) is 1. The van der Waals surface area contributed by atoms with Gasteiger partial charge in [0, 0.05) is 36.7 Å². The lowest BCUT2D eigenvalue weighted by Gasteiger charge is -2.38. The summed E-state index contributed by atoms with van der Waals surface area (Å²) in [5.41, 5.74) is 2.57. The highest BCUT2D eigenvalue weighted by Gasteiger charge is 2.35. The van der Waals surface area contributed by atoms with Crippen LogP contribution in [-0.4, -0.2) is 36.6 Å². The fourth-order valence-electron chi connectivity index (χ4n) is 4.78. The van der Waals surface area contributed by atoms with Gasteiger partial charge in [-0.15, -0.1) is 0 Å². The molecule has 2 atom stereocenters. The first-order valence-electron chi connectivity index (χ1n) is 11.3. The fourth-order valence-corrected chi connectivity index (χ4v) is 4.78. The van der Waals surface area contributed by atoms with Gasteiger partial charge >= 0.3 is 0 Å². The lowest BCUT2D eigenvalue weighted by molar-refractivity contribution is 0.0617. The Hall–Kier alpha value is -2.53. The number of piperidine rings is 1. The van der Waals surface area contributed by atoms with Gasteiger partial charge in [-0.2, -0.15) is 0 Å². The van der Waals surface area contributed by atoms with Crippen LogP contribution in [0.2, 0.25) is 0 Å². The van der Waals surface area contributed by atoms with Crippen LogP contribution in [0.4, 0.5) is 0 Å². The Balaban J connectivity index is 1.44. The van der Waals surface area contributed by atoms with Crippen LogP contribution in [0.25, 0.3) is 0 Å². The standard InChI is InChI=1S/C26H34N2O3/c1-18-6-5-13-28(16-18)17-19-7-9-20(10-8-19)25(29)27-23-15-26(2,3)31-24-14-21(30-4)11-12-22(23)24/h7-12,14,18,23H,5-6,13,15-17H2,1-4H3,(H,27,29)/t18-,23-/m1/s1. The minimum absolute atomic E-state index is 0.0531. The number of hydrogen-bond donors (Lipinski definition) is 1. The molecule has 31 heavy (non-hydrogen) atoms. The van der Waals surface area contributed by atoms with Crippen LogP contribution in [0.15, 0.2) is 42.5 Å². The maximum Gasteiger partial charge on any atom is 0.251 e. The van der Waals surface area contributed by atoms with Crippen molar-refractivity contribution < 1.29 is 14.3 Å². The van der Waals surface area contributed by atoms with Crippen molar-refractivity contribution in [3.63, 3.8) is 0 Å². The van der Waals surface area contributed by atoms with Gasteiger partial charge in [0.2, 0.25) is 0 Å². The third-order valence-corrected chi connectivity index (χ3v) is 6.35. The number of rotatable bonds is 5. The highest BCUT2D eigenvalue weighted by molar-refractivity contribution is 5.94. The second-order valence-corrected chi connectivity index (χ2v) is 9.68. The summed E-state index contributed by atoms with van der Waals surface area (Å²) in [6, 6.07) is 13.7. The van der Waals surface area contributed by atoms with Gasteiger partial charge in [0.05, 0.1) is 13.2 Å². The Labute approximate surface area is 185 Å². The van der Waals surface area contributed by atoms with E-state index >= 15 is 0 Å². The number of fused-ring (bicyclic) bond motifs is 1. The first-order chi connectivity index (χ1) is 14.8. The molecule has 0 unspecified atom stereocenters. The molecular weight excluding hydrogens is 388 g/mol. The van der Waals surface area contributed by atoms with Gasteiger partial charge in [0.25, 0.3) is 5.91 Å². The molecule has 4 rings (SSSR count). The number of amides is 1. The zero-order valence-electron chi connectivity index (χ0n) is 19.1. The highest BCUT2D eigenvalue weighted by atomic mass is 16.5. The molecule has 5 heteroatoms. The molecule has 2 aromatic rings. The van der Waals surface area contributed by atoms with Crippen LogP contribution in [0.5, 0.6) is 11.5 Å². The van der Waals surface area contributed by atoms with Crippen LogP contribution >= 0.6 is 0 Å². The molecule has 0 saturated carbocycles. The van der Waals surface area contributed by atoms with Crippen molar-refractivity contribution in [3.05, 3.63) is 59.2 Å². The van der Waals surface area contributed by atoms with Crippen LogP contribution in [-0.2, 0) is 6.54 Å². The molecule has 2 heterocycles. The van der Waals surface area contributed by atoms with Crippen molar-refractivity contribution in [2.45, 2.75) is 58.2 Å². The number of benzene rings is 2. The second-order valence-electron chi connectivity index (χ2n) is 9.68. The van der Waals surface area contributed by atoms with E-state index in [1.165, 1.54) is 18.4 Å². The highest BCUT2D eigenvalue weighted by Crippen LogP contribution is 2.41. The van der Waals surface area contributed by atoms with Crippen molar-refractivity contribution in [1.82, 2.24) is 10.2 Å². The predicted octanol–water partition coefficient (Wildman–Crippen LogP) is 4.96. The summed E-state index contributed by atoms with van der Waals surface area (Å²) in [4.78, 5) is 15.5. The Kier molecular flexibility index (Phi) is 6.24. The Morgan fingerprint density at radius 2 is 2.00 bits per heavy atom. The molecule has 1 fully saturated rings. The number of methoxy groups -OCH3 is 1. The minimum atomic E-state index is -0.368. The lowest BCUT2D eigenvalue weighted by Crippen LogP contribution is -2.41. The molecule has 5 nitrogen and oxygen atoms in total. The van der Waals surface area contributed by atoms with Crippen molar-refractivity contribution in [2.24, 2.45) is 5.92 Å². The van der Waals surface area contributed by atoms with Crippen molar-refractivity contribution >= 4 is 5.91 Å². The maximum absolute atomic E-state index is 13.0. The van der Waals surface area contributed by atoms with Gasteiger partial charge in [0.15, 0.2) is 0 Å². The number of ether oxygens (including phenoxy) is 2. The van der Waals surface area contributed by atoms with Crippen LogP contribution in [0.3, 0.4) is 0 Å². The molecular formula is C26H34N2O3. The van der Waals surface area contributed by atoms with Crippen molar-refractivity contribution in [3.8, 4) is 11.5 Å². The van der Waals surface area contributed by atoms with Gasteiger partial charge in [0.1, 0.15) is 17.1 Å². The molecule has 1 N–H and O–H groups in total. The topological polar surface area (TPSA) is 50.8 Å². The Morgan fingerprint density at radius 1 is 1.23 bits per heavy atom. The quantitative estimate of drug-likeness (QED) is 0.740. The molecule has 0 spiro atoms. The zero-order chi connectivity index (χ0) is 22.0. The number of nitrogens with one attached hydrogen (secondary N) is 1. The molecule has 2 aromatic carbocycles. The average Bonchev–Trinajstić information content (AvgIpc) is 2.73. The summed E-state index contributed by atoms with van der Waals surface area (Å²) in [7, 11) is 1.64. The SMILES string of the molecule is COc1ccc2c(c1)OC(C)(C)C[C@H]2NC(=O)c1ccc(CN2CCC[C@@H](C)C2)cc1. The molecule has 1 amide bonds. The van der Waals surface area contributed by atoms with E-state index in [1.807, 2.05) is 44.2 Å². The van der Waals surface area contributed by atoms with E-state index in [0.29, 0.717) is 12.0 Å². The zero-order valence-corrected chi connectivity index (χ0v) is 19.1. The predicted molar refractivity (Wildman–Crippen MR) is 123 cm³/mol. The molecule has 0 aromatic heterocycles. The summed E-state index contributed by atoms with van der Waals surface area (Å²) < 4.78 is 11.5. The monoisotopic (exact) mass is 422 g/mol. The van der Waals surface area contributed by atoms with Crippen LogP contribution < -0.4 is 14.8 Å². The minimum Gasteiger partial charge on any atom is -0.497 e. The van der Waals surface area contributed by atoms with Gasteiger partial charge in [-0.25, -0.2) is 0 Å². The largest absolute Gasteiger partial charge is 0.497 e. The summed E-state index contributed by atoms with van der Waals surface area (Å²) in [6.45, 7) is 9.69. The van der Waals surface area contributed by atoms with E-state index < -0.39 is 0 Å². The van der Waals surface area contributed by atoms with E-state index in [0.717, 1.165) is 42.6 Å². The smallest absolute Gasteiger partial charge is 0.251 e. The number of hydrogen-bond acceptors (Lipinski definition) is 4. The Bertz CT molecular complexity index is 923. The third-order valence-electron chi connectivity index (χ3n) is 6.35. The normalized spacial score (nSPS) is 22.8. The molecule has 0 aliphatic carbocycles. The maximum atomic E-state index is 13.0. The van der Waals surface area contributed by atoms with E-state index in [9.17, 15) is 4.79 Å². The Morgan fingerprint density at radius 3 is 2.71 bits per heavy atom. The molecule has 2 aliphatic heterocycles. The van der Waals surface area contributed by atoms with Gasteiger partial charge in [-0.3, -0.25) is 9.69 Å².